The third-order valence-corrected chi connectivity index (χ3v) is 4.67. The Morgan fingerprint density at radius 2 is 1.96 bits per heavy atom. The van der Waals surface area contributed by atoms with Crippen molar-refractivity contribution in [1.29, 1.82) is 0 Å². The maximum atomic E-state index is 12.2. The molecular weight excluding hydrogens is 326 g/mol. The Labute approximate surface area is 154 Å². The molecule has 0 unspecified atom stereocenters. The van der Waals surface area contributed by atoms with Crippen LogP contribution < -0.4 is 9.64 Å². The molecule has 1 fully saturated rings. The van der Waals surface area contributed by atoms with Crippen molar-refractivity contribution in [2.45, 2.75) is 13.8 Å². The molecule has 0 aliphatic carbocycles. The topological polar surface area (TPSA) is 45.7 Å². The lowest BCUT2D eigenvalue weighted by Gasteiger charge is -2.35. The molecule has 0 spiro atoms. The van der Waals surface area contributed by atoms with Crippen LogP contribution in [0, 0.1) is 6.92 Å². The van der Waals surface area contributed by atoms with E-state index in [1.807, 2.05) is 36.1 Å². The summed E-state index contributed by atoms with van der Waals surface area (Å²) in [5.74, 6) is 1.79. The molecule has 0 atom stereocenters. The van der Waals surface area contributed by atoms with Crippen LogP contribution in [0.25, 0.3) is 10.9 Å². The van der Waals surface area contributed by atoms with E-state index in [9.17, 15) is 4.79 Å². The van der Waals surface area contributed by atoms with E-state index in [1.165, 1.54) is 5.56 Å². The third kappa shape index (κ3) is 3.72. The van der Waals surface area contributed by atoms with Crippen molar-refractivity contribution in [2.75, 3.05) is 38.2 Å². The van der Waals surface area contributed by atoms with Gasteiger partial charge in [0.2, 0.25) is 5.91 Å². The van der Waals surface area contributed by atoms with Crippen LogP contribution in [-0.2, 0) is 4.79 Å². The van der Waals surface area contributed by atoms with Gasteiger partial charge < -0.3 is 14.5 Å². The number of hydrogen-bond donors (Lipinski definition) is 0. The number of fused-ring (bicyclic) bond motifs is 1. The molecule has 0 N–H and O–H groups in total. The molecule has 5 nitrogen and oxygen atoms in total. The maximum Gasteiger partial charge on any atom is 0.246 e. The molecule has 2 heterocycles. The molecule has 0 radical (unpaired) electrons. The van der Waals surface area contributed by atoms with Gasteiger partial charge in [0.1, 0.15) is 17.1 Å². The lowest BCUT2D eigenvalue weighted by atomic mass is 10.1. The number of para-hydroxylation sites is 1. The van der Waals surface area contributed by atoms with Gasteiger partial charge in [-0.1, -0.05) is 30.4 Å². The predicted octanol–water partition coefficient (Wildman–Crippen LogP) is 3.33. The zero-order valence-electron chi connectivity index (χ0n) is 15.6. The molecule has 1 saturated heterocycles. The first-order chi connectivity index (χ1) is 12.6. The van der Waals surface area contributed by atoms with Gasteiger partial charge in [-0.05, 0) is 31.5 Å². The number of anilines is 1. The molecule has 1 aliphatic rings. The van der Waals surface area contributed by atoms with E-state index in [2.05, 4.69) is 24.0 Å². The van der Waals surface area contributed by atoms with Crippen molar-refractivity contribution >= 4 is 22.6 Å². The Bertz CT molecular complexity index is 850. The van der Waals surface area contributed by atoms with Crippen LogP contribution in [0.15, 0.2) is 48.6 Å². The predicted molar refractivity (Wildman–Crippen MR) is 106 cm³/mol. The molecule has 136 valence electrons. The fourth-order valence-electron chi connectivity index (χ4n) is 3.21. The monoisotopic (exact) mass is 351 g/mol. The van der Waals surface area contributed by atoms with E-state index in [-0.39, 0.29) is 5.91 Å². The van der Waals surface area contributed by atoms with E-state index >= 15 is 0 Å². The number of piperazine rings is 1. The van der Waals surface area contributed by atoms with Crippen LogP contribution >= 0.6 is 0 Å². The van der Waals surface area contributed by atoms with Crippen molar-refractivity contribution in [2.24, 2.45) is 0 Å². The van der Waals surface area contributed by atoms with E-state index < -0.39 is 0 Å². The fourth-order valence-corrected chi connectivity index (χ4v) is 3.21. The molecule has 5 heteroatoms. The third-order valence-electron chi connectivity index (χ3n) is 4.67. The second kappa shape index (κ2) is 8.04. The SMILES string of the molecule is C/C=C/C=C/C(=O)N1CCN(c2cc(C)c3cccc(OC)c3n2)CC1. The quantitative estimate of drug-likeness (QED) is 0.626. The van der Waals surface area contributed by atoms with Crippen molar-refractivity contribution in [3.63, 3.8) is 0 Å². The summed E-state index contributed by atoms with van der Waals surface area (Å²) in [6.07, 6.45) is 7.18. The standard InChI is InChI=1S/C21H25N3O2/c1-4-5-6-10-20(25)24-13-11-23(12-14-24)19-15-16(2)17-8-7-9-18(26-3)21(17)22-19/h4-10,15H,11-14H2,1-3H3/b5-4+,10-6+. The average molecular weight is 351 g/mol. The Morgan fingerprint density at radius 1 is 1.19 bits per heavy atom. The van der Waals surface area contributed by atoms with Crippen molar-refractivity contribution in [3.05, 3.63) is 54.1 Å². The number of aromatic nitrogens is 1. The molecule has 0 bridgehead atoms. The van der Waals surface area contributed by atoms with Crippen LogP contribution in [0.4, 0.5) is 5.82 Å². The summed E-state index contributed by atoms with van der Waals surface area (Å²) in [4.78, 5) is 21.1. The largest absolute Gasteiger partial charge is 0.494 e. The summed E-state index contributed by atoms with van der Waals surface area (Å²) >= 11 is 0. The molecule has 2 aromatic rings. The van der Waals surface area contributed by atoms with Gasteiger partial charge in [-0.25, -0.2) is 4.98 Å². The van der Waals surface area contributed by atoms with E-state index in [0.29, 0.717) is 13.1 Å². The van der Waals surface area contributed by atoms with E-state index in [4.69, 9.17) is 9.72 Å². The van der Waals surface area contributed by atoms with Crippen LogP contribution in [-0.4, -0.2) is 49.1 Å². The Balaban J connectivity index is 1.76. The molecule has 1 amide bonds. The Hall–Kier alpha value is -2.82. The lowest BCUT2D eigenvalue weighted by Crippen LogP contribution is -2.48. The van der Waals surface area contributed by atoms with Crippen molar-refractivity contribution < 1.29 is 9.53 Å². The van der Waals surface area contributed by atoms with Gasteiger partial charge in [-0.15, -0.1) is 0 Å². The second-order valence-corrected chi connectivity index (χ2v) is 6.35. The number of amides is 1. The Kier molecular flexibility index (Phi) is 5.56. The highest BCUT2D eigenvalue weighted by Gasteiger charge is 2.21. The van der Waals surface area contributed by atoms with Gasteiger partial charge in [0.05, 0.1) is 7.11 Å². The number of rotatable bonds is 4. The Morgan fingerprint density at radius 3 is 2.65 bits per heavy atom. The van der Waals surface area contributed by atoms with Gasteiger partial charge in [-0.2, -0.15) is 0 Å². The van der Waals surface area contributed by atoms with Crippen molar-refractivity contribution in [1.82, 2.24) is 9.88 Å². The van der Waals surface area contributed by atoms with Crippen LogP contribution in [0.2, 0.25) is 0 Å². The van der Waals surface area contributed by atoms with Gasteiger partial charge >= 0.3 is 0 Å². The minimum absolute atomic E-state index is 0.0621. The molecule has 1 aromatic carbocycles. The molecule has 26 heavy (non-hydrogen) atoms. The zero-order chi connectivity index (χ0) is 18.5. The number of ether oxygens (including phenoxy) is 1. The summed E-state index contributed by atoms with van der Waals surface area (Å²) in [7, 11) is 1.67. The number of allylic oxidation sites excluding steroid dienone is 3. The fraction of sp³-hybridized carbons (Fsp3) is 0.333. The summed E-state index contributed by atoms with van der Waals surface area (Å²) in [5, 5.41) is 1.11. The van der Waals surface area contributed by atoms with Gasteiger partial charge in [0.15, 0.2) is 0 Å². The van der Waals surface area contributed by atoms with Crippen molar-refractivity contribution in [3.8, 4) is 5.75 Å². The molecule has 1 aromatic heterocycles. The van der Waals surface area contributed by atoms with Crippen LogP contribution in [0.5, 0.6) is 5.75 Å². The first-order valence-electron chi connectivity index (χ1n) is 8.91. The van der Waals surface area contributed by atoms with Gasteiger partial charge in [0.25, 0.3) is 0 Å². The number of carbonyl (C=O) groups is 1. The van der Waals surface area contributed by atoms with Crippen LogP contribution in [0.3, 0.4) is 0 Å². The number of aryl methyl sites for hydroxylation is 1. The van der Waals surface area contributed by atoms with Gasteiger partial charge in [0, 0.05) is 37.6 Å². The van der Waals surface area contributed by atoms with Crippen LogP contribution in [0.1, 0.15) is 12.5 Å². The highest BCUT2D eigenvalue weighted by molar-refractivity contribution is 5.89. The molecule has 0 saturated carbocycles. The normalized spacial score (nSPS) is 15.3. The highest BCUT2D eigenvalue weighted by atomic mass is 16.5. The average Bonchev–Trinajstić information content (AvgIpc) is 2.67. The zero-order valence-corrected chi connectivity index (χ0v) is 15.6. The summed E-state index contributed by atoms with van der Waals surface area (Å²) < 4.78 is 5.47. The molecular formula is C21H25N3O2. The number of nitrogens with zero attached hydrogens (tertiary/aromatic N) is 3. The summed E-state index contributed by atoms with van der Waals surface area (Å²) in [5.41, 5.74) is 2.06. The summed E-state index contributed by atoms with van der Waals surface area (Å²) in [6, 6.07) is 8.11. The first kappa shape index (κ1) is 18.0. The van der Waals surface area contributed by atoms with E-state index in [0.717, 1.165) is 35.6 Å². The lowest BCUT2D eigenvalue weighted by molar-refractivity contribution is -0.126. The smallest absolute Gasteiger partial charge is 0.246 e. The van der Waals surface area contributed by atoms with E-state index in [1.54, 1.807) is 19.3 Å². The number of methoxy groups -OCH3 is 1. The molecule has 3 rings (SSSR count). The summed E-state index contributed by atoms with van der Waals surface area (Å²) in [6.45, 7) is 6.97. The minimum atomic E-state index is 0.0621. The number of carbonyl (C=O) groups excluding carboxylic acids is 1. The second-order valence-electron chi connectivity index (χ2n) is 6.35. The highest BCUT2D eigenvalue weighted by Crippen LogP contribution is 2.29. The molecule has 1 aliphatic heterocycles. The number of benzene rings is 1. The number of pyridine rings is 1. The first-order valence-corrected chi connectivity index (χ1v) is 8.91. The van der Waals surface area contributed by atoms with Gasteiger partial charge in [-0.3, -0.25) is 4.79 Å². The minimum Gasteiger partial charge on any atom is -0.494 e. The number of hydrogen-bond acceptors (Lipinski definition) is 4. The maximum absolute atomic E-state index is 12.2.